The van der Waals surface area contributed by atoms with Crippen molar-refractivity contribution in [2.75, 3.05) is 13.7 Å². The van der Waals surface area contributed by atoms with Crippen LogP contribution in [0.5, 0.6) is 0 Å². The van der Waals surface area contributed by atoms with Crippen molar-refractivity contribution in [1.29, 1.82) is 0 Å². The van der Waals surface area contributed by atoms with Crippen molar-refractivity contribution in [3.8, 4) is 0 Å². The average Bonchev–Trinajstić information content (AvgIpc) is 2.51. The lowest BCUT2D eigenvalue weighted by atomic mass is 10.4. The van der Waals surface area contributed by atoms with Gasteiger partial charge in [0.25, 0.3) is 0 Å². The molecule has 4 heteroatoms. The highest BCUT2D eigenvalue weighted by atomic mass is 16.7. The molecule has 1 rings (SSSR count). The number of hydroxylamine groups is 2. The molecule has 0 spiro atoms. The Hall–Kier alpha value is -0.610. The lowest BCUT2D eigenvalue weighted by molar-refractivity contribution is -0.224. The van der Waals surface area contributed by atoms with Gasteiger partial charge in [-0.2, -0.15) is 0 Å². The third kappa shape index (κ3) is 2.19. The zero-order valence-electron chi connectivity index (χ0n) is 7.58. The molecule has 1 saturated heterocycles. The molecule has 0 N–H and O–H groups in total. The molecule has 0 aromatic heterocycles. The van der Waals surface area contributed by atoms with Gasteiger partial charge in [-0.05, 0) is 12.8 Å². The van der Waals surface area contributed by atoms with Crippen LogP contribution in [-0.4, -0.2) is 30.9 Å². The molecule has 1 aliphatic rings. The minimum atomic E-state index is -0.195. The van der Waals surface area contributed by atoms with Gasteiger partial charge in [-0.1, -0.05) is 6.92 Å². The van der Waals surface area contributed by atoms with Gasteiger partial charge >= 0.3 is 5.97 Å². The molecule has 1 fully saturated rings. The Morgan fingerprint density at radius 1 is 1.67 bits per heavy atom. The summed E-state index contributed by atoms with van der Waals surface area (Å²) in [5.74, 6) is -0.195. The summed E-state index contributed by atoms with van der Waals surface area (Å²) in [6.45, 7) is 2.56. The maximum atomic E-state index is 10.9. The fraction of sp³-hybridized carbons (Fsp3) is 0.875. The first-order chi connectivity index (χ1) is 5.77. The molecule has 1 atom stereocenters. The van der Waals surface area contributed by atoms with E-state index in [0.29, 0.717) is 6.42 Å². The van der Waals surface area contributed by atoms with E-state index >= 15 is 0 Å². The maximum absolute atomic E-state index is 10.9. The zero-order valence-corrected chi connectivity index (χ0v) is 7.58. The molecule has 70 valence electrons. The molecular weight excluding hydrogens is 158 g/mol. The minimum absolute atomic E-state index is 0.0412. The predicted molar refractivity (Wildman–Crippen MR) is 43.1 cm³/mol. The summed E-state index contributed by atoms with van der Waals surface area (Å²) in [5.41, 5.74) is 0. The number of hydrogen-bond donors (Lipinski definition) is 0. The van der Waals surface area contributed by atoms with Crippen molar-refractivity contribution in [3.63, 3.8) is 0 Å². The summed E-state index contributed by atoms with van der Waals surface area (Å²) >= 11 is 0. The summed E-state index contributed by atoms with van der Waals surface area (Å²) in [7, 11) is 1.63. The van der Waals surface area contributed by atoms with Crippen LogP contribution in [0.3, 0.4) is 0 Å². The van der Waals surface area contributed by atoms with Gasteiger partial charge in [-0.3, -0.25) is 4.79 Å². The number of carbonyl (C=O) groups excluding carboxylic acids is 1. The molecule has 1 unspecified atom stereocenters. The third-order valence-corrected chi connectivity index (χ3v) is 1.93. The summed E-state index contributed by atoms with van der Waals surface area (Å²) < 4.78 is 5.12. The lowest BCUT2D eigenvalue weighted by Gasteiger charge is -2.20. The zero-order chi connectivity index (χ0) is 8.97. The number of nitrogens with zero attached hydrogens (tertiary/aromatic N) is 1. The van der Waals surface area contributed by atoms with Crippen LogP contribution in [0, 0.1) is 0 Å². The summed E-state index contributed by atoms with van der Waals surface area (Å²) in [5, 5.41) is 1.62. The predicted octanol–water partition coefficient (Wildman–Crippen LogP) is 0.923. The number of hydrogen-bond acceptors (Lipinski definition) is 4. The molecule has 0 saturated carbocycles. The molecule has 0 aromatic rings. The first-order valence-corrected chi connectivity index (χ1v) is 4.28. The molecule has 0 aliphatic carbocycles. The number of ether oxygens (including phenoxy) is 1. The minimum Gasteiger partial charge on any atom is -0.365 e. The highest BCUT2D eigenvalue weighted by Crippen LogP contribution is 2.17. The average molecular weight is 173 g/mol. The van der Waals surface area contributed by atoms with Gasteiger partial charge < -0.3 is 9.57 Å². The largest absolute Gasteiger partial charge is 0.365 e. The summed E-state index contributed by atoms with van der Waals surface area (Å²) in [6, 6.07) is 0. The van der Waals surface area contributed by atoms with Crippen molar-refractivity contribution in [1.82, 2.24) is 5.06 Å². The Kier molecular flexibility index (Phi) is 3.49. The summed E-state index contributed by atoms with van der Waals surface area (Å²) in [6.07, 6.45) is 2.33. The fourth-order valence-electron chi connectivity index (χ4n) is 1.24. The van der Waals surface area contributed by atoms with Crippen LogP contribution in [0.1, 0.15) is 26.2 Å². The molecule has 0 radical (unpaired) electrons. The van der Waals surface area contributed by atoms with Gasteiger partial charge in [-0.25, -0.2) is 0 Å². The van der Waals surface area contributed by atoms with E-state index in [1.165, 1.54) is 0 Å². The molecule has 1 aliphatic heterocycles. The van der Waals surface area contributed by atoms with Gasteiger partial charge in [0.1, 0.15) is 6.23 Å². The molecular formula is C8H15NO3. The Balaban J connectivity index is 2.35. The van der Waals surface area contributed by atoms with Crippen molar-refractivity contribution < 1.29 is 14.4 Å². The smallest absolute Gasteiger partial charge is 0.324 e. The third-order valence-electron chi connectivity index (χ3n) is 1.93. The van der Waals surface area contributed by atoms with Crippen molar-refractivity contribution in [2.24, 2.45) is 0 Å². The standard InChI is InChI=1S/C8H15NO3/c1-3-8(10)12-9-6-4-5-7(9)11-2/h7H,3-6H2,1-2H3. The van der Waals surface area contributed by atoms with Crippen LogP contribution in [0.25, 0.3) is 0 Å². The van der Waals surface area contributed by atoms with Gasteiger partial charge in [0.05, 0.1) is 0 Å². The van der Waals surface area contributed by atoms with E-state index in [0.717, 1.165) is 19.4 Å². The first kappa shape index (κ1) is 9.48. The number of methoxy groups -OCH3 is 1. The lowest BCUT2D eigenvalue weighted by Crippen LogP contribution is -2.33. The Labute approximate surface area is 72.4 Å². The summed E-state index contributed by atoms with van der Waals surface area (Å²) in [4.78, 5) is 15.9. The van der Waals surface area contributed by atoms with E-state index < -0.39 is 0 Å². The van der Waals surface area contributed by atoms with Crippen LogP contribution in [0.4, 0.5) is 0 Å². The van der Waals surface area contributed by atoms with E-state index in [4.69, 9.17) is 9.57 Å². The van der Waals surface area contributed by atoms with E-state index in [9.17, 15) is 4.79 Å². The van der Waals surface area contributed by atoms with E-state index in [1.54, 1.807) is 19.1 Å². The normalized spacial score (nSPS) is 24.3. The molecule has 12 heavy (non-hydrogen) atoms. The van der Waals surface area contributed by atoms with E-state index in [2.05, 4.69) is 0 Å². The number of carbonyl (C=O) groups is 1. The first-order valence-electron chi connectivity index (χ1n) is 4.28. The van der Waals surface area contributed by atoms with Gasteiger partial charge in [-0.15, -0.1) is 5.06 Å². The monoisotopic (exact) mass is 173 g/mol. The van der Waals surface area contributed by atoms with Crippen LogP contribution >= 0.6 is 0 Å². The SMILES string of the molecule is CCC(=O)ON1CCCC1OC. The molecule has 4 nitrogen and oxygen atoms in total. The molecule has 0 amide bonds. The van der Waals surface area contributed by atoms with Crippen LogP contribution in [0.2, 0.25) is 0 Å². The molecule has 0 bridgehead atoms. The molecule has 0 aromatic carbocycles. The quantitative estimate of drug-likeness (QED) is 0.636. The Bertz CT molecular complexity index is 160. The van der Waals surface area contributed by atoms with Gasteiger partial charge in [0.2, 0.25) is 0 Å². The van der Waals surface area contributed by atoms with E-state index in [1.807, 2.05) is 0 Å². The fourth-order valence-corrected chi connectivity index (χ4v) is 1.24. The Morgan fingerprint density at radius 2 is 2.42 bits per heavy atom. The second-order valence-electron chi connectivity index (χ2n) is 2.79. The second kappa shape index (κ2) is 4.42. The maximum Gasteiger partial charge on any atom is 0.324 e. The van der Waals surface area contributed by atoms with Crippen LogP contribution in [-0.2, 0) is 14.4 Å². The van der Waals surface area contributed by atoms with E-state index in [-0.39, 0.29) is 12.2 Å². The number of rotatable bonds is 3. The van der Waals surface area contributed by atoms with Gasteiger partial charge in [0, 0.05) is 20.1 Å². The van der Waals surface area contributed by atoms with Crippen molar-refractivity contribution in [3.05, 3.63) is 0 Å². The second-order valence-corrected chi connectivity index (χ2v) is 2.79. The topological polar surface area (TPSA) is 38.8 Å². The van der Waals surface area contributed by atoms with Crippen molar-refractivity contribution in [2.45, 2.75) is 32.4 Å². The molecule has 1 heterocycles. The Morgan fingerprint density at radius 3 is 3.00 bits per heavy atom. The van der Waals surface area contributed by atoms with Gasteiger partial charge in [0.15, 0.2) is 0 Å². The highest BCUT2D eigenvalue weighted by molar-refractivity contribution is 5.68. The van der Waals surface area contributed by atoms with Crippen LogP contribution < -0.4 is 0 Å². The highest BCUT2D eigenvalue weighted by Gasteiger charge is 2.26. The van der Waals surface area contributed by atoms with Crippen molar-refractivity contribution >= 4 is 5.97 Å². The van der Waals surface area contributed by atoms with Crippen LogP contribution in [0.15, 0.2) is 0 Å².